The highest BCUT2D eigenvalue weighted by molar-refractivity contribution is 4.85. The average Bonchev–Trinajstić information content (AvgIpc) is 1.95. The van der Waals surface area contributed by atoms with Gasteiger partial charge >= 0.3 is 0 Å². The van der Waals surface area contributed by atoms with Crippen molar-refractivity contribution >= 4 is 0 Å². The highest BCUT2D eigenvalue weighted by atomic mass is 15.3. The maximum Gasteiger partial charge on any atom is 0.0350 e. The summed E-state index contributed by atoms with van der Waals surface area (Å²) in [5.74, 6) is 0. The van der Waals surface area contributed by atoms with E-state index in [2.05, 4.69) is 30.7 Å². The molecule has 0 radical (unpaired) electrons. The summed E-state index contributed by atoms with van der Waals surface area (Å²) in [5, 5.41) is 0. The first-order chi connectivity index (χ1) is 5.27. The normalized spacial score (nSPS) is 20.7. The van der Waals surface area contributed by atoms with Crippen LogP contribution >= 0.6 is 0 Å². The van der Waals surface area contributed by atoms with Crippen molar-refractivity contribution < 1.29 is 0 Å². The van der Waals surface area contributed by atoms with E-state index < -0.39 is 0 Å². The van der Waals surface area contributed by atoms with Gasteiger partial charge in [-0.05, 0) is 26.6 Å². The Labute approximate surface area is 70.2 Å². The van der Waals surface area contributed by atoms with Crippen LogP contribution in [0.5, 0.6) is 0 Å². The number of rotatable bonds is 4. The van der Waals surface area contributed by atoms with Crippen LogP contribution in [0.25, 0.3) is 0 Å². The molecule has 1 aliphatic heterocycles. The van der Waals surface area contributed by atoms with Crippen molar-refractivity contribution in [1.82, 2.24) is 9.80 Å². The molecule has 1 aliphatic rings. The van der Waals surface area contributed by atoms with Crippen molar-refractivity contribution in [3.8, 4) is 0 Å². The van der Waals surface area contributed by atoms with Crippen LogP contribution in [-0.4, -0.2) is 49.1 Å². The third-order valence-electron chi connectivity index (χ3n) is 2.48. The van der Waals surface area contributed by atoms with Crippen molar-refractivity contribution in [3.05, 3.63) is 0 Å². The molecule has 1 saturated heterocycles. The molecular formula is C9H20N2. The van der Waals surface area contributed by atoms with Gasteiger partial charge in [0.1, 0.15) is 0 Å². The molecule has 0 aromatic carbocycles. The van der Waals surface area contributed by atoms with E-state index in [1.165, 1.54) is 32.6 Å². The van der Waals surface area contributed by atoms with Gasteiger partial charge < -0.3 is 4.90 Å². The van der Waals surface area contributed by atoms with Crippen LogP contribution in [0.15, 0.2) is 0 Å². The van der Waals surface area contributed by atoms with E-state index in [1.54, 1.807) is 0 Å². The van der Waals surface area contributed by atoms with Gasteiger partial charge in [0.2, 0.25) is 0 Å². The van der Waals surface area contributed by atoms with E-state index in [-0.39, 0.29) is 0 Å². The minimum atomic E-state index is 0.852. The molecule has 0 aromatic heterocycles. The van der Waals surface area contributed by atoms with Gasteiger partial charge in [-0.25, -0.2) is 0 Å². The lowest BCUT2D eigenvalue weighted by atomic mass is 10.1. The van der Waals surface area contributed by atoms with Gasteiger partial charge in [0.05, 0.1) is 0 Å². The second-order valence-electron chi connectivity index (χ2n) is 3.50. The number of hydrogen-bond donors (Lipinski definition) is 0. The van der Waals surface area contributed by atoms with E-state index in [0.717, 1.165) is 6.04 Å². The zero-order valence-corrected chi connectivity index (χ0v) is 8.01. The fourth-order valence-corrected chi connectivity index (χ4v) is 1.78. The van der Waals surface area contributed by atoms with Crippen molar-refractivity contribution in [1.29, 1.82) is 0 Å². The molecule has 0 saturated carbocycles. The number of likely N-dealkylation sites (tertiary alicyclic amines) is 1. The average molecular weight is 156 g/mol. The first-order valence-electron chi connectivity index (χ1n) is 4.70. The van der Waals surface area contributed by atoms with Crippen LogP contribution in [-0.2, 0) is 0 Å². The summed E-state index contributed by atoms with van der Waals surface area (Å²) < 4.78 is 0. The molecule has 0 bridgehead atoms. The topological polar surface area (TPSA) is 6.48 Å². The lowest BCUT2D eigenvalue weighted by molar-refractivity contribution is 0.0561. The molecule has 11 heavy (non-hydrogen) atoms. The summed E-state index contributed by atoms with van der Waals surface area (Å²) in [6, 6.07) is 0.852. The first kappa shape index (κ1) is 9.01. The van der Waals surface area contributed by atoms with Crippen LogP contribution in [0.4, 0.5) is 0 Å². The fourth-order valence-electron chi connectivity index (χ4n) is 1.78. The highest BCUT2D eigenvalue weighted by Crippen LogP contribution is 2.12. The maximum atomic E-state index is 2.58. The van der Waals surface area contributed by atoms with Gasteiger partial charge in [0.25, 0.3) is 0 Å². The van der Waals surface area contributed by atoms with Crippen LogP contribution < -0.4 is 0 Å². The van der Waals surface area contributed by atoms with Crippen molar-refractivity contribution in [3.63, 3.8) is 0 Å². The SMILES string of the molecule is CCCN(CC)C1CN(C)C1. The van der Waals surface area contributed by atoms with E-state index in [9.17, 15) is 0 Å². The Morgan fingerprint density at radius 2 is 2.00 bits per heavy atom. The zero-order valence-electron chi connectivity index (χ0n) is 8.01. The van der Waals surface area contributed by atoms with Crippen molar-refractivity contribution in [2.45, 2.75) is 26.3 Å². The summed E-state index contributed by atoms with van der Waals surface area (Å²) >= 11 is 0. The molecular weight excluding hydrogens is 136 g/mol. The Morgan fingerprint density at radius 3 is 2.36 bits per heavy atom. The Morgan fingerprint density at radius 1 is 1.36 bits per heavy atom. The molecule has 0 atom stereocenters. The maximum absolute atomic E-state index is 2.58. The summed E-state index contributed by atoms with van der Waals surface area (Å²) in [6.07, 6.45) is 1.29. The zero-order chi connectivity index (χ0) is 8.27. The molecule has 0 amide bonds. The quantitative estimate of drug-likeness (QED) is 0.600. The van der Waals surface area contributed by atoms with E-state index in [1.807, 2.05) is 0 Å². The van der Waals surface area contributed by atoms with Crippen LogP contribution in [0.1, 0.15) is 20.3 Å². The van der Waals surface area contributed by atoms with Crippen LogP contribution in [0.2, 0.25) is 0 Å². The van der Waals surface area contributed by atoms with Gasteiger partial charge in [-0.1, -0.05) is 13.8 Å². The minimum Gasteiger partial charge on any atom is -0.303 e. The largest absolute Gasteiger partial charge is 0.303 e. The molecule has 1 rings (SSSR count). The van der Waals surface area contributed by atoms with E-state index in [0.29, 0.717) is 0 Å². The third-order valence-corrected chi connectivity index (χ3v) is 2.48. The number of nitrogens with zero attached hydrogens (tertiary/aromatic N) is 2. The molecule has 1 fully saturated rings. The lowest BCUT2D eigenvalue weighted by Gasteiger charge is -2.43. The monoisotopic (exact) mass is 156 g/mol. The highest BCUT2D eigenvalue weighted by Gasteiger charge is 2.27. The van der Waals surface area contributed by atoms with E-state index >= 15 is 0 Å². The molecule has 0 aromatic rings. The van der Waals surface area contributed by atoms with Crippen LogP contribution in [0.3, 0.4) is 0 Å². The van der Waals surface area contributed by atoms with E-state index in [4.69, 9.17) is 0 Å². The molecule has 2 heteroatoms. The lowest BCUT2D eigenvalue weighted by Crippen LogP contribution is -2.57. The first-order valence-corrected chi connectivity index (χ1v) is 4.70. The number of hydrogen-bond acceptors (Lipinski definition) is 2. The second-order valence-corrected chi connectivity index (χ2v) is 3.50. The Balaban J connectivity index is 2.20. The molecule has 66 valence electrons. The smallest absolute Gasteiger partial charge is 0.0350 e. The summed E-state index contributed by atoms with van der Waals surface area (Å²) in [7, 11) is 2.19. The third kappa shape index (κ3) is 2.17. The number of likely N-dealkylation sites (N-methyl/N-ethyl adjacent to an activating group) is 2. The standard InChI is InChI=1S/C9H20N2/c1-4-6-11(5-2)9-7-10(3)8-9/h9H,4-8H2,1-3H3. The Hall–Kier alpha value is -0.0800. The predicted molar refractivity (Wildman–Crippen MR) is 48.8 cm³/mol. The predicted octanol–water partition coefficient (Wildman–Crippen LogP) is 1.03. The van der Waals surface area contributed by atoms with Gasteiger partial charge in [-0.15, -0.1) is 0 Å². The molecule has 2 nitrogen and oxygen atoms in total. The van der Waals surface area contributed by atoms with Gasteiger partial charge in [-0.2, -0.15) is 0 Å². The molecule has 1 heterocycles. The molecule has 0 unspecified atom stereocenters. The van der Waals surface area contributed by atoms with Crippen molar-refractivity contribution in [2.24, 2.45) is 0 Å². The van der Waals surface area contributed by atoms with Crippen molar-refractivity contribution in [2.75, 3.05) is 33.2 Å². The Kier molecular flexibility index (Phi) is 3.34. The van der Waals surface area contributed by atoms with Gasteiger partial charge in [-0.3, -0.25) is 4.90 Å². The van der Waals surface area contributed by atoms with Gasteiger partial charge in [0, 0.05) is 19.1 Å². The molecule has 0 aliphatic carbocycles. The summed E-state index contributed by atoms with van der Waals surface area (Å²) in [4.78, 5) is 4.96. The van der Waals surface area contributed by atoms with Crippen LogP contribution in [0, 0.1) is 0 Å². The summed E-state index contributed by atoms with van der Waals surface area (Å²) in [6.45, 7) is 9.54. The summed E-state index contributed by atoms with van der Waals surface area (Å²) in [5.41, 5.74) is 0. The Bertz CT molecular complexity index is 108. The fraction of sp³-hybridized carbons (Fsp3) is 1.00. The van der Waals surface area contributed by atoms with Gasteiger partial charge in [0.15, 0.2) is 0 Å². The molecule has 0 N–H and O–H groups in total. The minimum absolute atomic E-state index is 0.852. The molecule has 0 spiro atoms. The second kappa shape index (κ2) is 4.07.